The fourth-order valence-electron chi connectivity index (χ4n) is 6.05. The minimum absolute atomic E-state index is 0.0456. The second kappa shape index (κ2) is 9.72. The number of fused-ring (bicyclic) bond motifs is 3. The van der Waals surface area contributed by atoms with Gasteiger partial charge >= 0.3 is 12.1 Å². The Morgan fingerprint density at radius 3 is 2.14 bits per heavy atom. The molecule has 0 saturated heterocycles. The number of hydrogen-bond donors (Lipinski definition) is 3. The highest BCUT2D eigenvalue weighted by Crippen LogP contribution is 2.44. The van der Waals surface area contributed by atoms with Crippen LogP contribution in [-0.4, -0.2) is 41.3 Å². The predicted molar refractivity (Wildman–Crippen MR) is 131 cm³/mol. The van der Waals surface area contributed by atoms with Crippen LogP contribution in [0.5, 0.6) is 0 Å². The molecule has 2 amide bonds. The third-order valence-electron chi connectivity index (χ3n) is 7.94. The van der Waals surface area contributed by atoms with E-state index < -0.39 is 23.5 Å². The molecule has 7 heteroatoms. The quantitative estimate of drug-likeness (QED) is 0.565. The van der Waals surface area contributed by atoms with Gasteiger partial charge in [-0.15, -0.1) is 0 Å². The number of rotatable bonds is 6. The molecule has 0 aliphatic heterocycles. The van der Waals surface area contributed by atoms with Crippen molar-refractivity contribution in [2.24, 2.45) is 5.92 Å². The van der Waals surface area contributed by atoms with Crippen molar-refractivity contribution in [3.8, 4) is 11.1 Å². The van der Waals surface area contributed by atoms with Crippen molar-refractivity contribution in [2.75, 3.05) is 6.61 Å². The molecule has 3 aliphatic carbocycles. The number of carbonyl (C=O) groups is 3. The molecule has 5 rings (SSSR count). The summed E-state index contributed by atoms with van der Waals surface area (Å²) < 4.78 is 5.73. The van der Waals surface area contributed by atoms with Gasteiger partial charge in [0, 0.05) is 12.0 Å². The first-order chi connectivity index (χ1) is 17.0. The van der Waals surface area contributed by atoms with Crippen LogP contribution in [0.2, 0.25) is 0 Å². The van der Waals surface area contributed by atoms with Crippen LogP contribution in [0.1, 0.15) is 68.4 Å². The maximum atomic E-state index is 13.3. The summed E-state index contributed by atoms with van der Waals surface area (Å²) >= 11 is 0. The normalized spacial score (nSPS) is 22.6. The molecule has 0 radical (unpaired) electrons. The highest BCUT2D eigenvalue weighted by molar-refractivity contribution is 5.90. The van der Waals surface area contributed by atoms with Crippen LogP contribution in [0.15, 0.2) is 48.5 Å². The Labute approximate surface area is 205 Å². The van der Waals surface area contributed by atoms with Crippen LogP contribution < -0.4 is 10.6 Å². The summed E-state index contributed by atoms with van der Waals surface area (Å²) in [6.45, 7) is 0.195. The third kappa shape index (κ3) is 4.64. The molecule has 2 fully saturated rings. The molecule has 0 unspecified atom stereocenters. The van der Waals surface area contributed by atoms with Crippen LogP contribution in [0.25, 0.3) is 11.1 Å². The van der Waals surface area contributed by atoms with Crippen LogP contribution in [0.3, 0.4) is 0 Å². The second-order valence-electron chi connectivity index (χ2n) is 10.1. The summed E-state index contributed by atoms with van der Waals surface area (Å²) in [6, 6.07) is 16.2. The molecule has 0 aromatic heterocycles. The molecule has 0 heterocycles. The molecule has 2 aromatic rings. The summed E-state index contributed by atoms with van der Waals surface area (Å²) in [5.41, 5.74) is 3.59. The average molecular weight is 477 g/mol. The minimum atomic E-state index is -1.01. The number of carboxylic acid groups (broad SMARTS) is 1. The fourth-order valence-corrected chi connectivity index (χ4v) is 6.05. The topological polar surface area (TPSA) is 105 Å². The molecular weight excluding hydrogens is 444 g/mol. The van der Waals surface area contributed by atoms with Crippen molar-refractivity contribution in [1.29, 1.82) is 0 Å². The van der Waals surface area contributed by atoms with Gasteiger partial charge in [-0.05, 0) is 54.4 Å². The fraction of sp³-hybridized carbons (Fsp3) is 0.464. The number of carboxylic acids is 1. The van der Waals surface area contributed by atoms with Gasteiger partial charge in [0.25, 0.3) is 0 Å². The molecule has 2 aromatic carbocycles. The zero-order chi connectivity index (χ0) is 24.4. The number of carbonyl (C=O) groups excluding carboxylic acids is 2. The van der Waals surface area contributed by atoms with Gasteiger partial charge in [0.2, 0.25) is 5.91 Å². The summed E-state index contributed by atoms with van der Waals surface area (Å²) in [6.07, 6.45) is 4.87. The first-order valence-electron chi connectivity index (χ1n) is 12.6. The zero-order valence-corrected chi connectivity index (χ0v) is 19.8. The molecule has 35 heavy (non-hydrogen) atoms. The highest BCUT2D eigenvalue weighted by Gasteiger charge is 2.43. The van der Waals surface area contributed by atoms with E-state index in [0.717, 1.165) is 41.5 Å². The monoisotopic (exact) mass is 476 g/mol. The molecule has 7 nitrogen and oxygen atoms in total. The number of nitrogens with one attached hydrogen (secondary N) is 2. The Hall–Kier alpha value is -3.35. The molecule has 0 spiro atoms. The van der Waals surface area contributed by atoms with Crippen LogP contribution >= 0.6 is 0 Å². The molecule has 2 atom stereocenters. The van der Waals surface area contributed by atoms with Gasteiger partial charge in [0.05, 0.1) is 5.92 Å². The van der Waals surface area contributed by atoms with Gasteiger partial charge in [0.15, 0.2) is 0 Å². The molecule has 184 valence electrons. The first kappa shape index (κ1) is 23.4. The van der Waals surface area contributed by atoms with E-state index in [0.29, 0.717) is 32.1 Å². The van der Waals surface area contributed by atoms with Gasteiger partial charge in [-0.3, -0.25) is 9.59 Å². The molecular formula is C28H32N2O5. The van der Waals surface area contributed by atoms with E-state index in [1.54, 1.807) is 0 Å². The maximum Gasteiger partial charge on any atom is 0.408 e. The van der Waals surface area contributed by atoms with Crippen molar-refractivity contribution in [2.45, 2.75) is 68.9 Å². The number of alkyl carbamates (subject to hydrolysis) is 1. The number of amides is 2. The van der Waals surface area contributed by atoms with Crippen molar-refractivity contribution in [3.05, 3.63) is 59.7 Å². The number of hydrogen-bond acceptors (Lipinski definition) is 4. The standard InChI is InChI=1S/C28H32N2O5/c31-25(32)18-12-13-19(16-18)29-26(33)28(14-6-1-7-15-28)30-27(34)35-17-24-22-10-4-2-8-20(22)21-9-3-5-11-23(21)24/h2-5,8-11,18-19,24H,1,6-7,12-17H2,(H,29,33)(H,30,34)(H,31,32)/t18-,19+/m0/s1. The van der Waals surface area contributed by atoms with Crippen LogP contribution in [-0.2, 0) is 14.3 Å². The van der Waals surface area contributed by atoms with E-state index >= 15 is 0 Å². The Balaban J connectivity index is 1.25. The smallest absolute Gasteiger partial charge is 0.408 e. The number of benzene rings is 2. The summed E-state index contributed by atoms with van der Waals surface area (Å²) in [5, 5.41) is 15.2. The van der Waals surface area contributed by atoms with E-state index in [9.17, 15) is 19.5 Å². The zero-order valence-electron chi connectivity index (χ0n) is 19.8. The Kier molecular flexibility index (Phi) is 6.50. The first-order valence-corrected chi connectivity index (χ1v) is 12.6. The van der Waals surface area contributed by atoms with Gasteiger partial charge in [-0.2, -0.15) is 0 Å². The van der Waals surface area contributed by atoms with E-state index in [1.807, 2.05) is 24.3 Å². The molecule has 2 saturated carbocycles. The molecule has 3 aliphatic rings. The Bertz CT molecular complexity index is 1080. The summed E-state index contributed by atoms with van der Waals surface area (Å²) in [5.74, 6) is -1.50. The predicted octanol–water partition coefficient (Wildman–Crippen LogP) is 4.60. The lowest BCUT2D eigenvalue weighted by molar-refractivity contribution is -0.141. The lowest BCUT2D eigenvalue weighted by atomic mass is 9.80. The highest BCUT2D eigenvalue weighted by atomic mass is 16.5. The minimum Gasteiger partial charge on any atom is -0.481 e. The van der Waals surface area contributed by atoms with Gasteiger partial charge in [-0.1, -0.05) is 67.8 Å². The van der Waals surface area contributed by atoms with Gasteiger partial charge < -0.3 is 20.5 Å². The van der Waals surface area contributed by atoms with Crippen molar-refractivity contribution in [1.82, 2.24) is 10.6 Å². The molecule has 0 bridgehead atoms. The SMILES string of the molecule is O=C(NC1(C(=O)N[C@@H]2CC[C@H](C(=O)O)C2)CCCCC1)OCC1c2ccccc2-c2ccccc21. The number of ether oxygens (including phenoxy) is 1. The van der Waals surface area contributed by atoms with Crippen molar-refractivity contribution < 1.29 is 24.2 Å². The summed E-state index contributed by atoms with van der Waals surface area (Å²) in [4.78, 5) is 37.6. The summed E-state index contributed by atoms with van der Waals surface area (Å²) in [7, 11) is 0. The number of aliphatic carboxylic acids is 1. The van der Waals surface area contributed by atoms with Gasteiger partial charge in [0.1, 0.15) is 12.1 Å². The van der Waals surface area contributed by atoms with E-state index in [1.165, 1.54) is 0 Å². The largest absolute Gasteiger partial charge is 0.481 e. The van der Waals surface area contributed by atoms with E-state index in [-0.39, 0.29) is 24.5 Å². The van der Waals surface area contributed by atoms with Crippen molar-refractivity contribution in [3.63, 3.8) is 0 Å². The van der Waals surface area contributed by atoms with Crippen LogP contribution in [0.4, 0.5) is 4.79 Å². The Morgan fingerprint density at radius 2 is 1.54 bits per heavy atom. The van der Waals surface area contributed by atoms with Crippen molar-refractivity contribution >= 4 is 18.0 Å². The third-order valence-corrected chi connectivity index (χ3v) is 7.94. The average Bonchev–Trinajstić information content (AvgIpc) is 3.46. The second-order valence-corrected chi connectivity index (χ2v) is 10.1. The maximum absolute atomic E-state index is 13.3. The lowest BCUT2D eigenvalue weighted by Crippen LogP contribution is -2.61. The van der Waals surface area contributed by atoms with E-state index in [4.69, 9.17) is 4.74 Å². The van der Waals surface area contributed by atoms with Crippen LogP contribution in [0, 0.1) is 5.92 Å². The lowest BCUT2D eigenvalue weighted by Gasteiger charge is -2.37. The van der Waals surface area contributed by atoms with Gasteiger partial charge in [-0.25, -0.2) is 4.79 Å². The van der Waals surface area contributed by atoms with E-state index in [2.05, 4.69) is 34.9 Å². The molecule has 3 N–H and O–H groups in total. The Morgan fingerprint density at radius 1 is 0.914 bits per heavy atom.